The summed E-state index contributed by atoms with van der Waals surface area (Å²) in [5.74, 6) is 0.0421. The molecule has 2 aromatic rings. The van der Waals surface area contributed by atoms with Crippen LogP contribution in [0.4, 0.5) is 5.69 Å². The summed E-state index contributed by atoms with van der Waals surface area (Å²) in [5.41, 5.74) is 2.99. The number of amides is 2. The number of fused-ring (bicyclic) bond motifs is 1. The van der Waals surface area contributed by atoms with Gasteiger partial charge in [-0.25, -0.2) is 0 Å². The fourth-order valence-electron chi connectivity index (χ4n) is 4.07. The van der Waals surface area contributed by atoms with Gasteiger partial charge in [0.05, 0.1) is 11.3 Å². The van der Waals surface area contributed by atoms with Gasteiger partial charge in [-0.1, -0.05) is 30.3 Å². The third-order valence-electron chi connectivity index (χ3n) is 5.75. The van der Waals surface area contributed by atoms with E-state index in [-0.39, 0.29) is 11.8 Å². The van der Waals surface area contributed by atoms with Gasteiger partial charge < -0.3 is 15.1 Å². The molecule has 2 heterocycles. The molecule has 0 aromatic heterocycles. The summed E-state index contributed by atoms with van der Waals surface area (Å²) in [4.78, 5) is 29.5. The largest absolute Gasteiger partial charge is 0.351 e. The van der Waals surface area contributed by atoms with E-state index in [1.54, 1.807) is 0 Å². The van der Waals surface area contributed by atoms with Gasteiger partial charge in [-0.05, 0) is 30.7 Å². The molecule has 0 aliphatic carbocycles. The first-order valence-electron chi connectivity index (χ1n) is 9.02. The standard InChI is InChI=1S/C21H23N3O2/c1-15-7-3-4-8-16(15)20(26)24-13-11-21(12-14-24)22-19(25)17-9-5-6-10-18(17)23(21)2/h3-10H,11-14H2,1-2H3,(H,22,25). The van der Waals surface area contributed by atoms with Crippen LogP contribution in [0.25, 0.3) is 0 Å². The normalized spacial score (nSPS) is 18.5. The van der Waals surface area contributed by atoms with Gasteiger partial charge in [0.1, 0.15) is 5.66 Å². The first kappa shape index (κ1) is 16.6. The summed E-state index contributed by atoms with van der Waals surface area (Å²) in [6, 6.07) is 15.4. The minimum absolute atomic E-state index is 0.0302. The SMILES string of the molecule is Cc1ccccc1C(=O)N1CCC2(CC1)NC(=O)c1ccccc1N2C. The predicted octanol–water partition coefficient (Wildman–Crippen LogP) is 2.81. The van der Waals surface area contributed by atoms with Gasteiger partial charge in [0.15, 0.2) is 0 Å². The molecule has 2 amide bonds. The molecule has 5 nitrogen and oxygen atoms in total. The number of para-hydroxylation sites is 1. The second kappa shape index (κ2) is 6.16. The summed E-state index contributed by atoms with van der Waals surface area (Å²) in [6.07, 6.45) is 1.42. The van der Waals surface area contributed by atoms with Gasteiger partial charge >= 0.3 is 0 Å². The topological polar surface area (TPSA) is 52.7 Å². The van der Waals surface area contributed by atoms with E-state index in [9.17, 15) is 9.59 Å². The summed E-state index contributed by atoms with van der Waals surface area (Å²) < 4.78 is 0. The molecule has 134 valence electrons. The number of likely N-dealkylation sites (tertiary alicyclic amines) is 1. The molecule has 1 saturated heterocycles. The van der Waals surface area contributed by atoms with Crippen molar-refractivity contribution in [2.75, 3.05) is 25.0 Å². The minimum atomic E-state index is -0.423. The lowest BCUT2D eigenvalue weighted by molar-refractivity contribution is 0.0608. The Morgan fingerprint density at radius 2 is 1.69 bits per heavy atom. The molecule has 5 heteroatoms. The number of aryl methyl sites for hydroxylation is 1. The average molecular weight is 349 g/mol. The third kappa shape index (κ3) is 2.55. The number of hydrogen-bond donors (Lipinski definition) is 1. The number of benzene rings is 2. The number of nitrogens with one attached hydrogen (secondary N) is 1. The van der Waals surface area contributed by atoms with Crippen molar-refractivity contribution in [2.24, 2.45) is 0 Å². The zero-order valence-corrected chi connectivity index (χ0v) is 15.2. The van der Waals surface area contributed by atoms with Crippen LogP contribution in [0.1, 0.15) is 39.1 Å². The van der Waals surface area contributed by atoms with Gasteiger partial charge in [-0.15, -0.1) is 0 Å². The number of hydrogen-bond acceptors (Lipinski definition) is 3. The Balaban J connectivity index is 1.54. The van der Waals surface area contributed by atoms with Crippen molar-refractivity contribution in [1.82, 2.24) is 10.2 Å². The van der Waals surface area contributed by atoms with Crippen LogP contribution in [0, 0.1) is 6.92 Å². The molecular formula is C21H23N3O2. The molecule has 1 spiro atoms. The lowest BCUT2D eigenvalue weighted by Gasteiger charge is -2.51. The Labute approximate surface area is 153 Å². The molecule has 2 aliphatic rings. The van der Waals surface area contributed by atoms with Crippen molar-refractivity contribution in [1.29, 1.82) is 0 Å². The van der Waals surface area contributed by atoms with Crippen molar-refractivity contribution in [3.05, 3.63) is 65.2 Å². The zero-order chi connectivity index (χ0) is 18.3. The second-order valence-corrected chi connectivity index (χ2v) is 7.17. The minimum Gasteiger partial charge on any atom is -0.351 e. The molecule has 0 radical (unpaired) electrons. The van der Waals surface area contributed by atoms with E-state index in [0.717, 1.165) is 16.8 Å². The molecule has 0 saturated carbocycles. The number of rotatable bonds is 1. The molecule has 0 unspecified atom stereocenters. The highest BCUT2D eigenvalue weighted by molar-refractivity contribution is 6.02. The van der Waals surface area contributed by atoms with Crippen molar-refractivity contribution < 1.29 is 9.59 Å². The van der Waals surface area contributed by atoms with Crippen molar-refractivity contribution >= 4 is 17.5 Å². The van der Waals surface area contributed by atoms with Gasteiger partial charge in [-0.2, -0.15) is 0 Å². The van der Waals surface area contributed by atoms with E-state index < -0.39 is 5.66 Å². The fraction of sp³-hybridized carbons (Fsp3) is 0.333. The van der Waals surface area contributed by atoms with Crippen molar-refractivity contribution in [3.8, 4) is 0 Å². The second-order valence-electron chi connectivity index (χ2n) is 7.17. The van der Waals surface area contributed by atoms with Gasteiger partial charge in [0, 0.05) is 38.5 Å². The maximum Gasteiger partial charge on any atom is 0.255 e. The van der Waals surface area contributed by atoms with Gasteiger partial charge in [0.2, 0.25) is 0 Å². The molecule has 1 fully saturated rings. The van der Waals surface area contributed by atoms with Crippen LogP contribution >= 0.6 is 0 Å². The highest BCUT2D eigenvalue weighted by atomic mass is 16.2. The Morgan fingerprint density at radius 1 is 1.04 bits per heavy atom. The molecular weight excluding hydrogens is 326 g/mol. The molecule has 0 atom stereocenters. The van der Waals surface area contributed by atoms with E-state index in [1.807, 2.05) is 67.4 Å². The van der Waals surface area contributed by atoms with Gasteiger partial charge in [0.25, 0.3) is 11.8 Å². The molecule has 26 heavy (non-hydrogen) atoms. The van der Waals surface area contributed by atoms with E-state index >= 15 is 0 Å². The quantitative estimate of drug-likeness (QED) is 0.861. The fourth-order valence-corrected chi connectivity index (χ4v) is 4.07. The number of carbonyl (C=O) groups is 2. The van der Waals surface area contributed by atoms with E-state index in [2.05, 4.69) is 10.2 Å². The zero-order valence-electron chi connectivity index (χ0n) is 15.2. The lowest BCUT2D eigenvalue weighted by atomic mass is 9.90. The van der Waals surface area contributed by atoms with Crippen molar-refractivity contribution in [2.45, 2.75) is 25.4 Å². The van der Waals surface area contributed by atoms with E-state index in [1.165, 1.54) is 0 Å². The van der Waals surface area contributed by atoms with Crippen LogP contribution < -0.4 is 10.2 Å². The van der Waals surface area contributed by atoms with Crippen LogP contribution in [-0.2, 0) is 0 Å². The van der Waals surface area contributed by atoms with Crippen LogP contribution in [-0.4, -0.2) is 42.5 Å². The number of carbonyl (C=O) groups excluding carboxylic acids is 2. The van der Waals surface area contributed by atoms with Crippen LogP contribution in [0.3, 0.4) is 0 Å². The first-order valence-corrected chi connectivity index (χ1v) is 9.02. The summed E-state index contributed by atoms with van der Waals surface area (Å²) in [6.45, 7) is 3.21. The first-order chi connectivity index (χ1) is 12.5. The maximum atomic E-state index is 12.9. The number of nitrogens with zero attached hydrogens (tertiary/aromatic N) is 2. The maximum absolute atomic E-state index is 12.9. The molecule has 4 rings (SSSR count). The number of piperidine rings is 1. The highest BCUT2D eigenvalue weighted by Gasteiger charge is 2.44. The summed E-state index contributed by atoms with van der Waals surface area (Å²) in [7, 11) is 2.02. The average Bonchev–Trinajstić information content (AvgIpc) is 2.67. The highest BCUT2D eigenvalue weighted by Crippen LogP contribution is 2.36. The third-order valence-corrected chi connectivity index (χ3v) is 5.75. The van der Waals surface area contributed by atoms with E-state index in [4.69, 9.17) is 0 Å². The Hall–Kier alpha value is -2.82. The van der Waals surface area contributed by atoms with Gasteiger partial charge in [-0.3, -0.25) is 9.59 Å². The predicted molar refractivity (Wildman–Crippen MR) is 101 cm³/mol. The van der Waals surface area contributed by atoms with Crippen LogP contribution in [0.15, 0.2) is 48.5 Å². The summed E-state index contributed by atoms with van der Waals surface area (Å²) in [5, 5.41) is 3.20. The lowest BCUT2D eigenvalue weighted by Crippen LogP contribution is -2.67. The Morgan fingerprint density at radius 3 is 2.42 bits per heavy atom. The molecule has 0 bridgehead atoms. The monoisotopic (exact) mass is 349 g/mol. The number of anilines is 1. The Bertz CT molecular complexity index is 869. The molecule has 2 aromatic carbocycles. The van der Waals surface area contributed by atoms with Crippen LogP contribution in [0.2, 0.25) is 0 Å². The molecule has 1 N–H and O–H groups in total. The molecule has 2 aliphatic heterocycles. The summed E-state index contributed by atoms with van der Waals surface area (Å²) >= 11 is 0. The van der Waals surface area contributed by atoms with Crippen LogP contribution in [0.5, 0.6) is 0 Å². The smallest absolute Gasteiger partial charge is 0.255 e. The van der Waals surface area contributed by atoms with Crippen molar-refractivity contribution in [3.63, 3.8) is 0 Å². The van der Waals surface area contributed by atoms with E-state index in [0.29, 0.717) is 31.5 Å². The Kier molecular flexibility index (Phi) is 3.94.